The minimum absolute atomic E-state index is 0.00339. The predicted molar refractivity (Wildman–Crippen MR) is 167 cm³/mol. The molecular formula is C33H23N5O7S. The van der Waals surface area contributed by atoms with Crippen LogP contribution < -0.4 is 9.62 Å². The Labute approximate surface area is 262 Å². The number of phenolic OH excluding ortho intramolecular Hbond substituents is 1. The first-order chi connectivity index (χ1) is 22.2. The SMILES string of the molecule is O=C(OCc1ccccc1N1C(=O)c2ccccc2C1=O)c1cc(N=Nc2ccc(S(=O)(=O)Nc3ccccn3)cc2)ccc1O. The van der Waals surface area contributed by atoms with Crippen LogP contribution in [0.5, 0.6) is 5.75 Å². The zero-order valence-electron chi connectivity index (χ0n) is 23.8. The van der Waals surface area contributed by atoms with Crippen LogP contribution in [0.2, 0.25) is 0 Å². The van der Waals surface area contributed by atoms with Crippen LogP contribution in [0, 0.1) is 0 Å². The Morgan fingerprint density at radius 1 is 0.804 bits per heavy atom. The second-order valence-corrected chi connectivity index (χ2v) is 11.6. The third kappa shape index (κ3) is 6.07. The van der Waals surface area contributed by atoms with Crippen molar-refractivity contribution in [3.05, 3.63) is 138 Å². The first-order valence-corrected chi connectivity index (χ1v) is 15.2. The van der Waals surface area contributed by atoms with Crippen LogP contribution in [0.15, 0.2) is 131 Å². The van der Waals surface area contributed by atoms with E-state index in [1.54, 1.807) is 60.7 Å². The number of aromatic hydroxyl groups is 1. The first-order valence-electron chi connectivity index (χ1n) is 13.7. The van der Waals surface area contributed by atoms with Gasteiger partial charge in [-0.05, 0) is 72.8 Å². The number of rotatable bonds is 9. The number of pyridine rings is 1. The van der Waals surface area contributed by atoms with Crippen molar-refractivity contribution in [3.63, 3.8) is 0 Å². The molecular weight excluding hydrogens is 610 g/mol. The smallest absolute Gasteiger partial charge is 0.342 e. The van der Waals surface area contributed by atoms with Gasteiger partial charge in [-0.15, -0.1) is 0 Å². The molecule has 2 heterocycles. The Kier molecular flexibility index (Phi) is 8.06. The molecule has 4 aromatic carbocycles. The van der Waals surface area contributed by atoms with Crippen LogP contribution in [-0.4, -0.2) is 36.3 Å². The molecule has 5 aromatic rings. The summed E-state index contributed by atoms with van der Waals surface area (Å²) in [5.74, 6) is -2.01. The number of fused-ring (bicyclic) bond motifs is 1. The number of amides is 2. The number of nitrogens with zero attached hydrogens (tertiary/aromatic N) is 4. The molecule has 6 rings (SSSR count). The molecule has 1 aliphatic rings. The largest absolute Gasteiger partial charge is 0.507 e. The van der Waals surface area contributed by atoms with E-state index in [-0.39, 0.29) is 51.1 Å². The predicted octanol–water partition coefficient (Wildman–Crippen LogP) is 6.16. The number of esters is 1. The average Bonchev–Trinajstić information content (AvgIpc) is 3.32. The molecule has 2 amide bonds. The van der Waals surface area contributed by atoms with Gasteiger partial charge in [0.15, 0.2) is 0 Å². The summed E-state index contributed by atoms with van der Waals surface area (Å²) in [6.07, 6.45) is 1.47. The number of sulfonamides is 1. The lowest BCUT2D eigenvalue weighted by Gasteiger charge is -2.18. The highest BCUT2D eigenvalue weighted by atomic mass is 32.2. The molecule has 1 aromatic heterocycles. The van der Waals surface area contributed by atoms with Crippen LogP contribution in [0.1, 0.15) is 36.6 Å². The fraction of sp³-hybridized carbons (Fsp3) is 0.0303. The minimum Gasteiger partial charge on any atom is -0.507 e. The summed E-state index contributed by atoms with van der Waals surface area (Å²) in [5.41, 5.74) is 1.61. The number of carbonyl (C=O) groups excluding carboxylic acids is 3. The number of hydrogen-bond acceptors (Lipinski definition) is 10. The fourth-order valence-electron chi connectivity index (χ4n) is 4.66. The Morgan fingerprint density at radius 3 is 2.13 bits per heavy atom. The lowest BCUT2D eigenvalue weighted by Crippen LogP contribution is -2.30. The van der Waals surface area contributed by atoms with Gasteiger partial charge in [-0.1, -0.05) is 36.4 Å². The van der Waals surface area contributed by atoms with E-state index in [0.29, 0.717) is 11.3 Å². The van der Waals surface area contributed by atoms with E-state index < -0.39 is 27.8 Å². The molecule has 13 heteroatoms. The quantitative estimate of drug-likeness (QED) is 0.111. The lowest BCUT2D eigenvalue weighted by atomic mass is 10.1. The number of aromatic nitrogens is 1. The van der Waals surface area contributed by atoms with Gasteiger partial charge in [0.1, 0.15) is 23.7 Å². The van der Waals surface area contributed by atoms with E-state index in [9.17, 15) is 27.9 Å². The molecule has 1 aliphatic heterocycles. The van der Waals surface area contributed by atoms with E-state index in [1.807, 2.05) is 0 Å². The second kappa shape index (κ2) is 12.4. The van der Waals surface area contributed by atoms with Gasteiger partial charge in [0.05, 0.1) is 33.1 Å². The highest BCUT2D eigenvalue weighted by Crippen LogP contribution is 2.32. The maximum absolute atomic E-state index is 13.0. The van der Waals surface area contributed by atoms with Crippen LogP contribution in [0.3, 0.4) is 0 Å². The Hall–Kier alpha value is -6.21. The van der Waals surface area contributed by atoms with Gasteiger partial charge in [0.2, 0.25) is 0 Å². The fourth-order valence-corrected chi connectivity index (χ4v) is 5.67. The number of azo groups is 1. The third-order valence-corrected chi connectivity index (χ3v) is 8.29. The summed E-state index contributed by atoms with van der Waals surface area (Å²) in [6.45, 7) is -0.294. The summed E-state index contributed by atoms with van der Waals surface area (Å²) in [5, 5.41) is 18.5. The van der Waals surface area contributed by atoms with Gasteiger partial charge in [0, 0.05) is 11.8 Å². The van der Waals surface area contributed by atoms with E-state index in [2.05, 4.69) is 19.9 Å². The van der Waals surface area contributed by atoms with E-state index in [1.165, 1.54) is 54.7 Å². The summed E-state index contributed by atoms with van der Waals surface area (Å²) in [7, 11) is -3.87. The molecule has 0 saturated carbocycles. The number of para-hydroxylation sites is 1. The summed E-state index contributed by atoms with van der Waals surface area (Å²) < 4.78 is 33.1. The molecule has 0 radical (unpaired) electrons. The Bertz CT molecular complexity index is 2080. The molecule has 46 heavy (non-hydrogen) atoms. The van der Waals surface area contributed by atoms with Gasteiger partial charge in [-0.25, -0.2) is 23.1 Å². The van der Waals surface area contributed by atoms with Crippen molar-refractivity contribution in [1.29, 1.82) is 0 Å². The maximum Gasteiger partial charge on any atom is 0.342 e. The zero-order chi connectivity index (χ0) is 32.3. The van der Waals surface area contributed by atoms with Crippen LogP contribution in [-0.2, 0) is 21.4 Å². The monoisotopic (exact) mass is 633 g/mol. The maximum atomic E-state index is 13.0. The normalized spacial score (nSPS) is 12.7. The molecule has 228 valence electrons. The van der Waals surface area contributed by atoms with Crippen molar-refractivity contribution in [2.45, 2.75) is 11.5 Å². The van der Waals surface area contributed by atoms with Crippen molar-refractivity contribution in [2.75, 3.05) is 9.62 Å². The number of benzene rings is 4. The number of nitrogens with one attached hydrogen (secondary N) is 1. The molecule has 12 nitrogen and oxygen atoms in total. The first kappa shape index (κ1) is 29.8. The van der Waals surface area contributed by atoms with E-state index in [0.717, 1.165) is 4.90 Å². The van der Waals surface area contributed by atoms with Crippen molar-refractivity contribution in [2.24, 2.45) is 10.2 Å². The number of imide groups is 1. The minimum atomic E-state index is -3.87. The number of ether oxygens (including phenoxy) is 1. The molecule has 2 N–H and O–H groups in total. The van der Waals surface area contributed by atoms with Crippen molar-refractivity contribution < 1.29 is 32.6 Å². The Balaban J connectivity index is 1.14. The molecule has 0 unspecified atom stereocenters. The van der Waals surface area contributed by atoms with Crippen molar-refractivity contribution in [3.8, 4) is 5.75 Å². The van der Waals surface area contributed by atoms with Crippen LogP contribution >= 0.6 is 0 Å². The number of anilines is 2. The van der Waals surface area contributed by atoms with Crippen molar-refractivity contribution >= 4 is 50.7 Å². The van der Waals surface area contributed by atoms with Crippen molar-refractivity contribution in [1.82, 2.24) is 4.98 Å². The Morgan fingerprint density at radius 2 is 1.43 bits per heavy atom. The standard InChI is InChI=1S/C33H23N5O7S/c39-29-17-14-23(36-35-22-12-15-24(16-13-22)46(43,44)37-30-11-5-6-18-34-30)19-27(29)33(42)45-20-21-7-1-4-10-28(21)38-31(40)25-8-2-3-9-26(25)32(38)41/h1-19,39H,20H2,(H,34,37). The summed E-state index contributed by atoms with van der Waals surface area (Å²) in [6, 6.07) is 27.5. The van der Waals surface area contributed by atoms with Gasteiger partial charge < -0.3 is 9.84 Å². The number of phenols is 1. The summed E-state index contributed by atoms with van der Waals surface area (Å²) in [4.78, 5) is 44.0. The molecule has 0 atom stereocenters. The third-order valence-electron chi connectivity index (χ3n) is 6.92. The summed E-state index contributed by atoms with van der Waals surface area (Å²) >= 11 is 0. The average molecular weight is 634 g/mol. The lowest BCUT2D eigenvalue weighted by molar-refractivity contribution is 0.0470. The zero-order valence-corrected chi connectivity index (χ0v) is 24.6. The van der Waals surface area contributed by atoms with Gasteiger partial charge in [-0.2, -0.15) is 10.2 Å². The molecule has 0 aliphatic carbocycles. The van der Waals surface area contributed by atoms with Gasteiger partial charge in [0.25, 0.3) is 21.8 Å². The number of carbonyl (C=O) groups is 3. The second-order valence-electron chi connectivity index (χ2n) is 9.91. The van der Waals surface area contributed by atoms with Crippen LogP contribution in [0.4, 0.5) is 22.9 Å². The molecule has 0 spiro atoms. The highest BCUT2D eigenvalue weighted by Gasteiger charge is 2.37. The highest BCUT2D eigenvalue weighted by molar-refractivity contribution is 7.92. The number of hydrogen-bond donors (Lipinski definition) is 2. The van der Waals surface area contributed by atoms with Gasteiger partial charge in [-0.3, -0.25) is 14.3 Å². The molecule has 0 fully saturated rings. The molecule has 0 saturated heterocycles. The van der Waals surface area contributed by atoms with Gasteiger partial charge >= 0.3 is 5.97 Å². The van der Waals surface area contributed by atoms with E-state index >= 15 is 0 Å². The van der Waals surface area contributed by atoms with E-state index in [4.69, 9.17) is 4.74 Å². The molecule has 0 bridgehead atoms. The van der Waals surface area contributed by atoms with Crippen LogP contribution in [0.25, 0.3) is 0 Å². The topological polar surface area (TPSA) is 168 Å².